The van der Waals surface area contributed by atoms with Crippen LogP contribution in [0, 0.1) is 5.92 Å². The number of allylic oxidation sites excluding steroid dienone is 2. The molecule has 0 aromatic heterocycles. The smallest absolute Gasteiger partial charge is 0.00343 e. The van der Waals surface area contributed by atoms with Crippen molar-refractivity contribution < 1.29 is 0 Å². The average molecular weight is 245 g/mol. The van der Waals surface area contributed by atoms with Gasteiger partial charge in [-0.15, -0.1) is 0 Å². The van der Waals surface area contributed by atoms with Gasteiger partial charge >= 0.3 is 0 Å². The molecule has 0 bridgehead atoms. The molecule has 1 aliphatic carbocycles. The van der Waals surface area contributed by atoms with E-state index >= 15 is 0 Å². The van der Waals surface area contributed by atoms with Crippen LogP contribution >= 0.6 is 15.9 Å². The fourth-order valence-corrected chi connectivity index (χ4v) is 2.30. The zero-order valence-corrected chi connectivity index (χ0v) is 10.3. The van der Waals surface area contributed by atoms with Crippen LogP contribution in [0.25, 0.3) is 0 Å². The van der Waals surface area contributed by atoms with E-state index in [0.29, 0.717) is 0 Å². The van der Waals surface area contributed by atoms with Crippen molar-refractivity contribution in [3.8, 4) is 0 Å². The predicted molar refractivity (Wildman–Crippen MR) is 63.4 cm³/mol. The van der Waals surface area contributed by atoms with Crippen molar-refractivity contribution in [2.75, 3.05) is 5.33 Å². The van der Waals surface area contributed by atoms with Gasteiger partial charge in [0, 0.05) is 5.33 Å². The Morgan fingerprint density at radius 2 is 2.31 bits per heavy atom. The molecule has 1 heteroatoms. The number of hydrogen-bond acceptors (Lipinski definition) is 0. The lowest BCUT2D eigenvalue weighted by molar-refractivity contribution is 0.465. The fraction of sp³-hybridized carbons (Fsp3) is 0.833. The summed E-state index contributed by atoms with van der Waals surface area (Å²) in [4.78, 5) is 0. The molecule has 76 valence electrons. The van der Waals surface area contributed by atoms with Crippen molar-refractivity contribution in [2.45, 2.75) is 51.9 Å². The van der Waals surface area contributed by atoms with Gasteiger partial charge in [-0.25, -0.2) is 0 Å². The summed E-state index contributed by atoms with van der Waals surface area (Å²) < 4.78 is 0. The second-order valence-electron chi connectivity index (χ2n) is 4.23. The molecule has 1 unspecified atom stereocenters. The minimum Gasteiger partial charge on any atom is -0.0928 e. The first-order chi connectivity index (χ1) is 6.33. The predicted octanol–water partition coefficient (Wildman–Crippen LogP) is 4.69. The standard InChI is InChI=1S/C12H21Br/c1-11-5-2-7-12(8-3-6-11)9-4-10-13/h7,11H,2-6,8-10H2,1H3/b12-7+. The molecule has 1 aliphatic rings. The second-order valence-corrected chi connectivity index (χ2v) is 5.02. The van der Waals surface area contributed by atoms with Crippen molar-refractivity contribution in [1.29, 1.82) is 0 Å². The Kier molecular flexibility index (Phi) is 5.77. The lowest BCUT2D eigenvalue weighted by Gasteiger charge is -2.15. The minimum absolute atomic E-state index is 0.953. The first kappa shape index (κ1) is 11.3. The maximum Gasteiger partial charge on any atom is 0.00343 e. The highest BCUT2D eigenvalue weighted by molar-refractivity contribution is 9.09. The summed E-state index contributed by atoms with van der Waals surface area (Å²) in [6.07, 6.45) is 12.0. The summed E-state index contributed by atoms with van der Waals surface area (Å²) >= 11 is 3.49. The summed E-state index contributed by atoms with van der Waals surface area (Å²) in [7, 11) is 0. The van der Waals surface area contributed by atoms with Gasteiger partial charge in [0.1, 0.15) is 0 Å². The Balaban J connectivity index is 2.31. The summed E-state index contributed by atoms with van der Waals surface area (Å²) in [6, 6.07) is 0. The van der Waals surface area contributed by atoms with Gasteiger partial charge in [-0.2, -0.15) is 0 Å². The van der Waals surface area contributed by atoms with Crippen LogP contribution in [0.5, 0.6) is 0 Å². The maximum absolute atomic E-state index is 3.49. The number of rotatable bonds is 3. The maximum atomic E-state index is 3.49. The van der Waals surface area contributed by atoms with Crippen molar-refractivity contribution in [3.63, 3.8) is 0 Å². The summed E-state index contributed by atoms with van der Waals surface area (Å²) in [6.45, 7) is 2.39. The molecule has 0 radical (unpaired) electrons. The van der Waals surface area contributed by atoms with Gasteiger partial charge in [0.05, 0.1) is 0 Å². The first-order valence-electron chi connectivity index (χ1n) is 5.57. The molecular weight excluding hydrogens is 224 g/mol. The normalized spacial score (nSPS) is 28.8. The summed E-state index contributed by atoms with van der Waals surface area (Å²) in [5.74, 6) is 0.953. The van der Waals surface area contributed by atoms with Gasteiger partial charge in [0.25, 0.3) is 0 Å². The molecule has 0 nitrogen and oxygen atoms in total. The summed E-state index contributed by atoms with van der Waals surface area (Å²) in [5, 5.41) is 1.15. The molecule has 0 N–H and O–H groups in total. The van der Waals surface area contributed by atoms with Crippen LogP contribution in [0.15, 0.2) is 11.6 Å². The lowest BCUT2D eigenvalue weighted by atomic mass is 9.91. The lowest BCUT2D eigenvalue weighted by Crippen LogP contribution is -1.99. The van der Waals surface area contributed by atoms with Crippen LogP contribution in [0.2, 0.25) is 0 Å². The number of halogens is 1. The Labute approximate surface area is 90.9 Å². The zero-order valence-electron chi connectivity index (χ0n) is 8.69. The van der Waals surface area contributed by atoms with E-state index in [2.05, 4.69) is 28.9 Å². The average Bonchev–Trinajstić information content (AvgIpc) is 2.09. The Bertz CT molecular complexity index is 161. The van der Waals surface area contributed by atoms with Gasteiger partial charge < -0.3 is 0 Å². The third kappa shape index (κ3) is 4.85. The molecule has 0 amide bonds. The van der Waals surface area contributed by atoms with E-state index in [0.717, 1.165) is 11.2 Å². The van der Waals surface area contributed by atoms with E-state index in [1.165, 1.54) is 44.9 Å². The molecule has 0 heterocycles. The van der Waals surface area contributed by atoms with E-state index in [1.807, 2.05) is 0 Å². The molecule has 0 spiro atoms. The topological polar surface area (TPSA) is 0 Å². The molecule has 0 aromatic carbocycles. The van der Waals surface area contributed by atoms with Crippen LogP contribution in [0.3, 0.4) is 0 Å². The molecule has 0 aromatic rings. The Hall–Kier alpha value is 0.220. The SMILES string of the molecule is CC1CC/C=C(/CCCBr)CCC1. The van der Waals surface area contributed by atoms with E-state index < -0.39 is 0 Å². The quantitative estimate of drug-likeness (QED) is 0.500. The minimum atomic E-state index is 0.953. The Morgan fingerprint density at radius 1 is 1.46 bits per heavy atom. The zero-order chi connectivity index (χ0) is 9.52. The van der Waals surface area contributed by atoms with Crippen molar-refractivity contribution in [2.24, 2.45) is 5.92 Å². The fourth-order valence-electron chi connectivity index (χ4n) is 2.02. The Morgan fingerprint density at radius 3 is 3.08 bits per heavy atom. The van der Waals surface area contributed by atoms with E-state index in [1.54, 1.807) is 5.57 Å². The third-order valence-corrected chi connectivity index (χ3v) is 3.48. The highest BCUT2D eigenvalue weighted by Gasteiger charge is 2.06. The number of hydrogen-bond donors (Lipinski definition) is 0. The monoisotopic (exact) mass is 244 g/mol. The van der Waals surface area contributed by atoms with Crippen LogP contribution in [0.1, 0.15) is 51.9 Å². The largest absolute Gasteiger partial charge is 0.0928 e. The molecule has 1 rings (SSSR count). The van der Waals surface area contributed by atoms with Gasteiger partial charge in [0.15, 0.2) is 0 Å². The molecule has 13 heavy (non-hydrogen) atoms. The van der Waals surface area contributed by atoms with Gasteiger partial charge in [-0.1, -0.05) is 40.9 Å². The van der Waals surface area contributed by atoms with Crippen LogP contribution in [-0.4, -0.2) is 5.33 Å². The van der Waals surface area contributed by atoms with Crippen LogP contribution in [-0.2, 0) is 0 Å². The molecule has 0 aliphatic heterocycles. The van der Waals surface area contributed by atoms with E-state index in [9.17, 15) is 0 Å². The number of alkyl halides is 1. The van der Waals surface area contributed by atoms with Crippen LogP contribution in [0.4, 0.5) is 0 Å². The molecule has 1 atom stereocenters. The third-order valence-electron chi connectivity index (χ3n) is 2.92. The van der Waals surface area contributed by atoms with Gasteiger partial charge in [-0.05, 0) is 44.4 Å². The van der Waals surface area contributed by atoms with Gasteiger partial charge in [0.2, 0.25) is 0 Å². The van der Waals surface area contributed by atoms with Crippen molar-refractivity contribution >= 4 is 15.9 Å². The van der Waals surface area contributed by atoms with Gasteiger partial charge in [-0.3, -0.25) is 0 Å². The molecule has 0 saturated heterocycles. The first-order valence-corrected chi connectivity index (χ1v) is 6.69. The highest BCUT2D eigenvalue weighted by atomic mass is 79.9. The summed E-state index contributed by atoms with van der Waals surface area (Å²) in [5.41, 5.74) is 1.71. The molecular formula is C12H21Br. The van der Waals surface area contributed by atoms with E-state index in [-0.39, 0.29) is 0 Å². The highest BCUT2D eigenvalue weighted by Crippen LogP contribution is 2.23. The van der Waals surface area contributed by atoms with Crippen LogP contribution < -0.4 is 0 Å². The van der Waals surface area contributed by atoms with Crippen molar-refractivity contribution in [1.82, 2.24) is 0 Å². The second kappa shape index (κ2) is 6.64. The molecule has 0 fully saturated rings. The van der Waals surface area contributed by atoms with Crippen molar-refractivity contribution in [3.05, 3.63) is 11.6 Å². The molecule has 0 saturated carbocycles. The van der Waals surface area contributed by atoms with E-state index in [4.69, 9.17) is 0 Å².